The maximum atomic E-state index is 13.3. The molecule has 1 heterocycles. The quantitative estimate of drug-likeness (QED) is 0.0918. The molecule has 0 bridgehead atoms. The van der Waals surface area contributed by atoms with Crippen molar-refractivity contribution in [2.45, 2.75) is 6.92 Å². The Labute approximate surface area is 240 Å². The largest absolute Gasteiger partial charge is 0.493 e. The number of aromatic amines is 1. The summed E-state index contributed by atoms with van der Waals surface area (Å²) in [6.45, 7) is 1.99. The van der Waals surface area contributed by atoms with Crippen LogP contribution in [0.1, 0.15) is 32.0 Å². The molecule has 5 rings (SSSR count). The van der Waals surface area contributed by atoms with Crippen LogP contribution in [0.5, 0.6) is 11.5 Å². The third-order valence-corrected chi connectivity index (χ3v) is 6.76. The third kappa shape index (κ3) is 5.71. The summed E-state index contributed by atoms with van der Waals surface area (Å²) in [5, 5.41) is 6.07. The highest BCUT2D eigenvalue weighted by Crippen LogP contribution is 2.37. The van der Waals surface area contributed by atoms with Gasteiger partial charge in [0.15, 0.2) is 11.5 Å². The Balaban J connectivity index is 1.36. The molecule has 9 heteroatoms. The monoisotopic (exact) mass is 571 g/mol. The summed E-state index contributed by atoms with van der Waals surface area (Å²) in [6, 6.07) is 24.6. The molecule has 0 fully saturated rings. The molecule has 0 aliphatic rings. The van der Waals surface area contributed by atoms with E-state index in [1.165, 1.54) is 13.3 Å². The Morgan fingerprint density at radius 1 is 0.925 bits per heavy atom. The zero-order valence-electron chi connectivity index (χ0n) is 21.5. The Hall–Kier alpha value is -4.59. The number of carbonyl (C=O) groups is 2. The lowest BCUT2D eigenvalue weighted by molar-refractivity contribution is 0.0729. The number of nitrogens with one attached hydrogen (secondary N) is 2. The number of H-pyrrole nitrogens is 1. The van der Waals surface area contributed by atoms with Crippen LogP contribution in [0.3, 0.4) is 0 Å². The van der Waals surface area contributed by atoms with Crippen molar-refractivity contribution in [3.05, 3.63) is 117 Å². The lowest BCUT2D eigenvalue weighted by Gasteiger charge is -2.10. The van der Waals surface area contributed by atoms with Crippen molar-refractivity contribution in [3.63, 3.8) is 0 Å². The number of hydrogen-bond acceptors (Lipinski definition) is 5. The molecule has 0 aliphatic carbocycles. The lowest BCUT2D eigenvalue weighted by Crippen LogP contribution is -2.19. The van der Waals surface area contributed by atoms with Gasteiger partial charge in [0.05, 0.1) is 18.9 Å². The van der Waals surface area contributed by atoms with Gasteiger partial charge in [0.2, 0.25) is 0 Å². The first kappa shape index (κ1) is 27.0. The number of carbonyl (C=O) groups excluding carboxylic acids is 2. The summed E-state index contributed by atoms with van der Waals surface area (Å²) in [5.74, 6) is -0.419. The third-order valence-electron chi connectivity index (χ3n) is 6.17. The molecule has 1 aromatic heterocycles. The van der Waals surface area contributed by atoms with E-state index in [0.29, 0.717) is 38.2 Å². The van der Waals surface area contributed by atoms with Gasteiger partial charge in [-0.1, -0.05) is 53.0 Å². The second-order valence-electron chi connectivity index (χ2n) is 8.91. The molecule has 40 heavy (non-hydrogen) atoms. The molecule has 0 aliphatic heterocycles. The van der Waals surface area contributed by atoms with Crippen LogP contribution in [0.25, 0.3) is 22.0 Å². The van der Waals surface area contributed by atoms with Gasteiger partial charge in [0.1, 0.15) is 5.69 Å². The number of amides is 1. The first-order chi connectivity index (χ1) is 19.3. The Morgan fingerprint density at radius 3 is 2.45 bits per heavy atom. The van der Waals surface area contributed by atoms with Crippen LogP contribution in [0.4, 0.5) is 0 Å². The van der Waals surface area contributed by atoms with Crippen molar-refractivity contribution in [2.75, 3.05) is 7.11 Å². The smallest absolute Gasteiger partial charge is 0.343 e. The van der Waals surface area contributed by atoms with Crippen molar-refractivity contribution in [1.29, 1.82) is 0 Å². The fourth-order valence-electron chi connectivity index (χ4n) is 4.23. The highest BCUT2D eigenvalue weighted by Gasteiger charge is 2.21. The van der Waals surface area contributed by atoms with Crippen LogP contribution >= 0.6 is 23.2 Å². The zero-order chi connectivity index (χ0) is 28.2. The number of ether oxygens (including phenoxy) is 2. The average Bonchev–Trinajstić information content (AvgIpc) is 3.32. The van der Waals surface area contributed by atoms with E-state index in [1.54, 1.807) is 48.5 Å². The molecule has 0 radical (unpaired) electrons. The van der Waals surface area contributed by atoms with Gasteiger partial charge in [-0.05, 0) is 73.2 Å². The molecule has 1 amide bonds. The van der Waals surface area contributed by atoms with Crippen LogP contribution in [0.15, 0.2) is 90.0 Å². The minimum atomic E-state index is -0.550. The van der Waals surface area contributed by atoms with Gasteiger partial charge in [-0.25, -0.2) is 10.2 Å². The van der Waals surface area contributed by atoms with Crippen LogP contribution in [0.2, 0.25) is 10.0 Å². The number of aryl methyl sites for hydroxylation is 1. The van der Waals surface area contributed by atoms with E-state index in [0.717, 1.165) is 22.0 Å². The van der Waals surface area contributed by atoms with Crippen LogP contribution in [-0.2, 0) is 0 Å². The maximum Gasteiger partial charge on any atom is 0.343 e. The molecule has 200 valence electrons. The minimum Gasteiger partial charge on any atom is -0.493 e. The lowest BCUT2D eigenvalue weighted by atomic mass is 10.0. The van der Waals surface area contributed by atoms with Gasteiger partial charge in [-0.3, -0.25) is 4.79 Å². The number of nitrogens with zero attached hydrogens (tertiary/aromatic N) is 1. The van der Waals surface area contributed by atoms with Gasteiger partial charge in [-0.15, -0.1) is 0 Å². The molecular weight excluding hydrogens is 549 g/mol. The molecule has 0 saturated heterocycles. The van der Waals surface area contributed by atoms with Crippen molar-refractivity contribution < 1.29 is 19.1 Å². The Bertz CT molecular complexity index is 1760. The molecule has 0 saturated carbocycles. The van der Waals surface area contributed by atoms with E-state index in [-0.39, 0.29) is 5.75 Å². The van der Waals surface area contributed by atoms with E-state index >= 15 is 0 Å². The van der Waals surface area contributed by atoms with Gasteiger partial charge >= 0.3 is 5.97 Å². The van der Waals surface area contributed by atoms with Crippen molar-refractivity contribution in [2.24, 2.45) is 5.10 Å². The van der Waals surface area contributed by atoms with Crippen LogP contribution in [-0.4, -0.2) is 30.2 Å². The highest BCUT2D eigenvalue weighted by atomic mass is 35.5. The topological polar surface area (TPSA) is 92.8 Å². The van der Waals surface area contributed by atoms with Gasteiger partial charge < -0.3 is 14.5 Å². The van der Waals surface area contributed by atoms with Gasteiger partial charge in [0.25, 0.3) is 5.91 Å². The second kappa shape index (κ2) is 11.7. The summed E-state index contributed by atoms with van der Waals surface area (Å²) >= 11 is 12.4. The summed E-state index contributed by atoms with van der Waals surface area (Å²) in [7, 11) is 1.46. The minimum absolute atomic E-state index is 0.237. The number of hydrazone groups is 1. The summed E-state index contributed by atoms with van der Waals surface area (Å²) in [6.07, 6.45) is 1.47. The molecule has 0 atom stereocenters. The second-order valence-corrected chi connectivity index (χ2v) is 9.75. The van der Waals surface area contributed by atoms with Gasteiger partial charge in [-0.2, -0.15) is 5.10 Å². The normalized spacial score (nSPS) is 11.1. The molecule has 0 unspecified atom stereocenters. The van der Waals surface area contributed by atoms with Crippen LogP contribution < -0.4 is 14.9 Å². The maximum absolute atomic E-state index is 13.3. The summed E-state index contributed by atoms with van der Waals surface area (Å²) in [5.41, 5.74) is 7.19. The molecular formula is C31H23Cl2N3O4. The van der Waals surface area contributed by atoms with Crippen LogP contribution in [0, 0.1) is 6.92 Å². The average molecular weight is 572 g/mol. The number of halogens is 2. The highest BCUT2D eigenvalue weighted by molar-refractivity contribution is 6.34. The predicted molar refractivity (Wildman–Crippen MR) is 158 cm³/mol. The standard InChI is InChI=1S/C31H23Cl2N3O4/c1-18-7-13-25-23(15-18)28(22-5-3-4-6-24(22)33)29(35-25)30(37)36-34-17-19-8-14-26(27(16-19)39-2)40-31(38)20-9-11-21(32)12-10-20/h3-17,35H,1-2H3,(H,36,37). The summed E-state index contributed by atoms with van der Waals surface area (Å²) < 4.78 is 10.9. The molecule has 2 N–H and O–H groups in total. The number of aromatic nitrogens is 1. The number of benzene rings is 4. The van der Waals surface area contributed by atoms with Crippen molar-refractivity contribution in [1.82, 2.24) is 10.4 Å². The number of esters is 1. The summed E-state index contributed by atoms with van der Waals surface area (Å²) in [4.78, 5) is 29.0. The van der Waals surface area contributed by atoms with E-state index in [4.69, 9.17) is 32.7 Å². The number of rotatable bonds is 7. The van der Waals surface area contributed by atoms with Crippen molar-refractivity contribution in [3.8, 4) is 22.6 Å². The molecule has 7 nitrogen and oxygen atoms in total. The fraction of sp³-hybridized carbons (Fsp3) is 0.0645. The first-order valence-corrected chi connectivity index (χ1v) is 13.0. The number of hydrogen-bond donors (Lipinski definition) is 2. The van der Waals surface area contributed by atoms with E-state index in [2.05, 4.69) is 15.5 Å². The zero-order valence-corrected chi connectivity index (χ0v) is 23.0. The number of fused-ring (bicyclic) bond motifs is 1. The van der Waals surface area contributed by atoms with Gasteiger partial charge in [0, 0.05) is 32.1 Å². The first-order valence-electron chi connectivity index (χ1n) is 12.2. The number of methoxy groups -OCH3 is 1. The van der Waals surface area contributed by atoms with E-state index in [9.17, 15) is 9.59 Å². The van der Waals surface area contributed by atoms with E-state index in [1.807, 2.05) is 43.3 Å². The molecule has 5 aromatic rings. The predicted octanol–water partition coefficient (Wildman–Crippen LogP) is 7.44. The Kier molecular flexibility index (Phi) is 7.86. The van der Waals surface area contributed by atoms with E-state index < -0.39 is 11.9 Å². The molecule has 4 aromatic carbocycles. The molecule has 0 spiro atoms. The SMILES string of the molecule is COc1cc(C=NNC(=O)c2[nH]c3ccc(C)cc3c2-c2ccccc2Cl)ccc1OC(=O)c1ccc(Cl)cc1. The van der Waals surface area contributed by atoms with Crippen molar-refractivity contribution >= 4 is 52.2 Å². The fourth-order valence-corrected chi connectivity index (χ4v) is 4.59. The Morgan fingerprint density at radius 2 is 1.70 bits per heavy atom.